The molecular formula is C14H26N4O. The van der Waals surface area contributed by atoms with Crippen molar-refractivity contribution < 1.29 is 4.52 Å². The number of rotatable bonds is 6. The second-order valence-electron chi connectivity index (χ2n) is 5.44. The molecule has 1 saturated carbocycles. The summed E-state index contributed by atoms with van der Waals surface area (Å²) in [7, 11) is 0. The minimum atomic E-state index is 0.362. The molecule has 5 heteroatoms. The molecule has 19 heavy (non-hydrogen) atoms. The van der Waals surface area contributed by atoms with E-state index in [9.17, 15) is 0 Å². The van der Waals surface area contributed by atoms with Crippen LogP contribution in [0.25, 0.3) is 0 Å². The molecule has 1 heterocycles. The standard InChI is InChI=1S/C14H26N4O/c1-3-18(4-2)10-9-13-16-14(19-17-13)11-5-7-12(15)8-6-11/h11-12H,3-10,15H2,1-2H3. The first-order chi connectivity index (χ1) is 9.22. The van der Waals surface area contributed by atoms with Gasteiger partial charge in [0.2, 0.25) is 5.89 Å². The van der Waals surface area contributed by atoms with E-state index in [1.165, 1.54) is 0 Å². The van der Waals surface area contributed by atoms with Crippen molar-refractivity contribution >= 4 is 0 Å². The van der Waals surface area contributed by atoms with E-state index in [0.29, 0.717) is 12.0 Å². The van der Waals surface area contributed by atoms with Gasteiger partial charge in [0.25, 0.3) is 0 Å². The lowest BCUT2D eigenvalue weighted by Gasteiger charge is -2.22. The van der Waals surface area contributed by atoms with Gasteiger partial charge >= 0.3 is 0 Å². The topological polar surface area (TPSA) is 68.2 Å². The predicted molar refractivity (Wildman–Crippen MR) is 75.0 cm³/mol. The second-order valence-corrected chi connectivity index (χ2v) is 5.44. The molecule has 108 valence electrons. The van der Waals surface area contributed by atoms with Crippen molar-refractivity contribution in [2.45, 2.75) is 57.9 Å². The third-order valence-corrected chi connectivity index (χ3v) is 4.15. The van der Waals surface area contributed by atoms with Gasteiger partial charge in [-0.25, -0.2) is 0 Å². The molecule has 0 saturated heterocycles. The number of nitrogens with zero attached hydrogens (tertiary/aromatic N) is 3. The number of nitrogens with two attached hydrogens (primary N) is 1. The highest BCUT2D eigenvalue weighted by Gasteiger charge is 2.24. The predicted octanol–water partition coefficient (Wildman–Crippen LogP) is 1.94. The average Bonchev–Trinajstić information content (AvgIpc) is 2.89. The van der Waals surface area contributed by atoms with Gasteiger partial charge in [0.1, 0.15) is 0 Å². The quantitative estimate of drug-likeness (QED) is 0.852. The molecule has 2 N–H and O–H groups in total. The number of aromatic nitrogens is 2. The first kappa shape index (κ1) is 14.5. The van der Waals surface area contributed by atoms with Gasteiger partial charge in [0, 0.05) is 24.9 Å². The van der Waals surface area contributed by atoms with Gasteiger partial charge in [-0.3, -0.25) is 0 Å². The van der Waals surface area contributed by atoms with Gasteiger partial charge in [-0.1, -0.05) is 19.0 Å². The third-order valence-electron chi connectivity index (χ3n) is 4.15. The van der Waals surface area contributed by atoms with Crippen molar-refractivity contribution in [1.82, 2.24) is 15.0 Å². The normalized spacial score (nSPS) is 24.0. The Morgan fingerprint density at radius 2 is 1.89 bits per heavy atom. The SMILES string of the molecule is CCN(CC)CCc1noc(C2CCC(N)CC2)n1. The number of hydrogen-bond acceptors (Lipinski definition) is 5. The number of likely N-dealkylation sites (N-methyl/N-ethyl adjacent to an activating group) is 1. The summed E-state index contributed by atoms with van der Waals surface area (Å²) < 4.78 is 5.42. The molecule has 0 bridgehead atoms. The molecule has 5 nitrogen and oxygen atoms in total. The van der Waals surface area contributed by atoms with E-state index < -0.39 is 0 Å². The Kier molecular flexibility index (Phi) is 5.34. The van der Waals surface area contributed by atoms with Crippen LogP contribution >= 0.6 is 0 Å². The van der Waals surface area contributed by atoms with Crippen molar-refractivity contribution in [2.24, 2.45) is 5.73 Å². The molecule has 1 aliphatic rings. The van der Waals surface area contributed by atoms with Crippen LogP contribution in [0.3, 0.4) is 0 Å². The van der Waals surface area contributed by atoms with E-state index in [1.807, 2.05) is 0 Å². The van der Waals surface area contributed by atoms with E-state index in [2.05, 4.69) is 28.9 Å². The van der Waals surface area contributed by atoms with Crippen LogP contribution in [-0.2, 0) is 6.42 Å². The number of hydrogen-bond donors (Lipinski definition) is 1. The lowest BCUT2D eigenvalue weighted by Crippen LogP contribution is -2.26. The summed E-state index contributed by atoms with van der Waals surface area (Å²) in [5.41, 5.74) is 5.92. The monoisotopic (exact) mass is 266 g/mol. The second kappa shape index (κ2) is 7.01. The van der Waals surface area contributed by atoms with Crippen LogP contribution in [0, 0.1) is 0 Å². The van der Waals surface area contributed by atoms with Gasteiger partial charge in [0.05, 0.1) is 0 Å². The maximum atomic E-state index is 5.92. The molecule has 0 spiro atoms. The van der Waals surface area contributed by atoms with Crippen molar-refractivity contribution in [1.29, 1.82) is 0 Å². The summed E-state index contributed by atoms with van der Waals surface area (Å²) in [5, 5.41) is 4.11. The van der Waals surface area contributed by atoms with Crippen LogP contribution in [0.5, 0.6) is 0 Å². The fraction of sp³-hybridized carbons (Fsp3) is 0.857. The molecule has 1 fully saturated rings. The van der Waals surface area contributed by atoms with Crippen molar-refractivity contribution in [2.75, 3.05) is 19.6 Å². The molecular weight excluding hydrogens is 240 g/mol. The summed E-state index contributed by atoms with van der Waals surface area (Å²) in [6.07, 6.45) is 5.18. The fourth-order valence-electron chi connectivity index (χ4n) is 2.70. The molecule has 1 aliphatic carbocycles. The molecule has 1 aromatic heterocycles. The Balaban J connectivity index is 1.85. The lowest BCUT2D eigenvalue weighted by molar-refractivity contribution is 0.293. The summed E-state index contributed by atoms with van der Waals surface area (Å²) in [6, 6.07) is 0.362. The maximum Gasteiger partial charge on any atom is 0.229 e. The van der Waals surface area contributed by atoms with Crippen LogP contribution in [0.15, 0.2) is 4.52 Å². The van der Waals surface area contributed by atoms with Crippen molar-refractivity contribution in [3.63, 3.8) is 0 Å². The molecule has 0 radical (unpaired) electrons. The molecule has 0 aliphatic heterocycles. The van der Waals surface area contributed by atoms with Crippen molar-refractivity contribution in [3.8, 4) is 0 Å². The van der Waals surface area contributed by atoms with Crippen LogP contribution in [-0.4, -0.2) is 40.7 Å². The molecule has 0 amide bonds. The highest BCUT2D eigenvalue weighted by Crippen LogP contribution is 2.31. The molecule has 0 unspecified atom stereocenters. The highest BCUT2D eigenvalue weighted by atomic mass is 16.5. The third kappa shape index (κ3) is 4.01. The van der Waals surface area contributed by atoms with E-state index in [0.717, 1.165) is 63.5 Å². The molecule has 0 atom stereocenters. The van der Waals surface area contributed by atoms with Crippen LogP contribution < -0.4 is 5.73 Å². The fourth-order valence-corrected chi connectivity index (χ4v) is 2.70. The Morgan fingerprint density at radius 3 is 2.53 bits per heavy atom. The Morgan fingerprint density at radius 1 is 1.21 bits per heavy atom. The minimum Gasteiger partial charge on any atom is -0.339 e. The maximum absolute atomic E-state index is 5.92. The van der Waals surface area contributed by atoms with Gasteiger partial charge in [-0.2, -0.15) is 4.98 Å². The van der Waals surface area contributed by atoms with E-state index >= 15 is 0 Å². The zero-order chi connectivity index (χ0) is 13.7. The Hall–Kier alpha value is -0.940. The highest BCUT2D eigenvalue weighted by molar-refractivity contribution is 4.97. The van der Waals surface area contributed by atoms with Gasteiger partial charge in [-0.05, 0) is 38.8 Å². The summed E-state index contributed by atoms with van der Waals surface area (Å²) >= 11 is 0. The van der Waals surface area contributed by atoms with E-state index in [-0.39, 0.29) is 0 Å². The minimum absolute atomic E-state index is 0.362. The largest absolute Gasteiger partial charge is 0.339 e. The average molecular weight is 266 g/mol. The molecule has 2 rings (SSSR count). The first-order valence-corrected chi connectivity index (χ1v) is 7.53. The van der Waals surface area contributed by atoms with Crippen LogP contribution in [0.2, 0.25) is 0 Å². The molecule has 1 aromatic rings. The van der Waals surface area contributed by atoms with Gasteiger partial charge in [-0.15, -0.1) is 0 Å². The zero-order valence-electron chi connectivity index (χ0n) is 12.1. The van der Waals surface area contributed by atoms with Gasteiger partial charge < -0.3 is 15.2 Å². The van der Waals surface area contributed by atoms with Crippen LogP contribution in [0.4, 0.5) is 0 Å². The van der Waals surface area contributed by atoms with Crippen LogP contribution in [0.1, 0.15) is 57.2 Å². The van der Waals surface area contributed by atoms with E-state index in [1.54, 1.807) is 0 Å². The first-order valence-electron chi connectivity index (χ1n) is 7.53. The smallest absolute Gasteiger partial charge is 0.229 e. The summed E-state index contributed by atoms with van der Waals surface area (Å²) in [5.74, 6) is 2.09. The molecule has 0 aromatic carbocycles. The summed E-state index contributed by atoms with van der Waals surface area (Å²) in [4.78, 5) is 6.92. The Bertz CT molecular complexity index is 367. The van der Waals surface area contributed by atoms with Crippen molar-refractivity contribution in [3.05, 3.63) is 11.7 Å². The lowest BCUT2D eigenvalue weighted by atomic mass is 9.86. The Labute approximate surface area is 115 Å². The van der Waals surface area contributed by atoms with E-state index in [4.69, 9.17) is 10.3 Å². The van der Waals surface area contributed by atoms with Gasteiger partial charge in [0.15, 0.2) is 5.82 Å². The summed E-state index contributed by atoms with van der Waals surface area (Å²) in [6.45, 7) is 7.50. The zero-order valence-corrected chi connectivity index (χ0v) is 12.1.